The second-order valence-electron chi connectivity index (χ2n) is 4.65. The van der Waals surface area contributed by atoms with Crippen LogP contribution in [0.3, 0.4) is 0 Å². The molecule has 0 aliphatic carbocycles. The van der Waals surface area contributed by atoms with Crippen molar-refractivity contribution >= 4 is 17.5 Å². The Balaban J connectivity index is 2.10. The van der Waals surface area contributed by atoms with Gasteiger partial charge in [0.1, 0.15) is 0 Å². The zero-order valence-electron chi connectivity index (χ0n) is 9.96. The van der Waals surface area contributed by atoms with Crippen molar-refractivity contribution in [2.45, 2.75) is 38.5 Å². The van der Waals surface area contributed by atoms with E-state index in [-0.39, 0.29) is 11.8 Å². The third-order valence-electron chi connectivity index (χ3n) is 3.27. The van der Waals surface area contributed by atoms with E-state index < -0.39 is 0 Å². The molecule has 1 aliphatic rings. The lowest BCUT2D eigenvalue weighted by atomic mass is 9.97. The van der Waals surface area contributed by atoms with Gasteiger partial charge in [-0.2, -0.15) is 0 Å². The van der Waals surface area contributed by atoms with Gasteiger partial charge in [-0.25, -0.2) is 0 Å². The number of alkyl halides is 1. The average molecular weight is 247 g/mol. The number of hydrogen-bond donors (Lipinski definition) is 1. The van der Waals surface area contributed by atoms with E-state index in [1.54, 1.807) is 0 Å². The first kappa shape index (κ1) is 13.8. The number of primary amides is 1. The van der Waals surface area contributed by atoms with Gasteiger partial charge in [0.25, 0.3) is 0 Å². The number of hydrogen-bond acceptors (Lipinski definition) is 2. The molecule has 1 saturated heterocycles. The van der Waals surface area contributed by atoms with E-state index in [0.717, 1.165) is 44.8 Å². The number of likely N-dealkylation sites (tertiary alicyclic amines) is 1. The molecule has 1 unspecified atom stereocenters. The van der Waals surface area contributed by atoms with Crippen molar-refractivity contribution in [2.75, 3.05) is 25.5 Å². The lowest BCUT2D eigenvalue weighted by molar-refractivity contribution is -0.123. The van der Waals surface area contributed by atoms with E-state index in [9.17, 15) is 4.79 Å². The summed E-state index contributed by atoms with van der Waals surface area (Å²) in [5, 5.41) is 0. The van der Waals surface area contributed by atoms with Crippen LogP contribution in [-0.2, 0) is 4.79 Å². The van der Waals surface area contributed by atoms with Crippen LogP contribution in [0.2, 0.25) is 0 Å². The van der Waals surface area contributed by atoms with Crippen molar-refractivity contribution < 1.29 is 4.79 Å². The van der Waals surface area contributed by atoms with E-state index in [2.05, 4.69) is 4.90 Å². The van der Waals surface area contributed by atoms with Crippen LogP contribution in [0.5, 0.6) is 0 Å². The molecule has 1 atom stereocenters. The van der Waals surface area contributed by atoms with Crippen molar-refractivity contribution in [3.05, 3.63) is 0 Å². The fourth-order valence-electron chi connectivity index (χ4n) is 2.27. The molecule has 4 heteroatoms. The highest BCUT2D eigenvalue weighted by atomic mass is 35.5. The van der Waals surface area contributed by atoms with Crippen LogP contribution in [0.25, 0.3) is 0 Å². The Labute approximate surface area is 103 Å². The van der Waals surface area contributed by atoms with Gasteiger partial charge in [-0.3, -0.25) is 4.79 Å². The van der Waals surface area contributed by atoms with E-state index in [0.29, 0.717) is 0 Å². The standard InChI is InChI=1S/C12H23ClN2O/c13-7-3-1-2-4-8-15-9-5-6-11(10-15)12(14)16/h11H,1-10H2,(H2,14,16). The smallest absolute Gasteiger partial charge is 0.221 e. The van der Waals surface area contributed by atoms with Crippen LogP contribution < -0.4 is 5.73 Å². The topological polar surface area (TPSA) is 46.3 Å². The Bertz CT molecular complexity index is 211. The normalized spacial score (nSPS) is 22.2. The van der Waals surface area contributed by atoms with Crippen molar-refractivity contribution in [1.29, 1.82) is 0 Å². The molecule has 0 bridgehead atoms. The van der Waals surface area contributed by atoms with Crippen LogP contribution in [-0.4, -0.2) is 36.3 Å². The van der Waals surface area contributed by atoms with Crippen molar-refractivity contribution in [2.24, 2.45) is 11.7 Å². The van der Waals surface area contributed by atoms with Gasteiger partial charge in [-0.1, -0.05) is 12.8 Å². The number of piperidine rings is 1. The average Bonchev–Trinajstić information content (AvgIpc) is 2.29. The van der Waals surface area contributed by atoms with Crippen LogP contribution in [0.1, 0.15) is 38.5 Å². The molecule has 1 rings (SSSR count). The van der Waals surface area contributed by atoms with Gasteiger partial charge in [-0.15, -0.1) is 11.6 Å². The molecule has 0 saturated carbocycles. The molecule has 0 radical (unpaired) electrons. The first-order chi connectivity index (χ1) is 7.74. The Morgan fingerprint density at radius 2 is 2.06 bits per heavy atom. The molecule has 2 N–H and O–H groups in total. The largest absolute Gasteiger partial charge is 0.369 e. The molecule has 0 aromatic rings. The highest BCUT2D eigenvalue weighted by Gasteiger charge is 2.23. The quantitative estimate of drug-likeness (QED) is 0.552. The second-order valence-corrected chi connectivity index (χ2v) is 5.02. The maximum atomic E-state index is 11.1. The number of nitrogens with two attached hydrogens (primary N) is 1. The Hall–Kier alpha value is -0.280. The second kappa shape index (κ2) is 7.91. The number of carbonyl (C=O) groups is 1. The highest BCUT2D eigenvalue weighted by molar-refractivity contribution is 6.17. The summed E-state index contributed by atoms with van der Waals surface area (Å²) in [6.07, 6.45) is 6.86. The minimum atomic E-state index is -0.133. The van der Waals surface area contributed by atoms with Crippen LogP contribution in [0.4, 0.5) is 0 Å². The lowest BCUT2D eigenvalue weighted by Crippen LogP contribution is -2.41. The minimum absolute atomic E-state index is 0.0802. The predicted octanol–water partition coefficient (Wildman–Crippen LogP) is 1.98. The SMILES string of the molecule is NC(=O)C1CCCN(CCCCCCCl)C1. The number of rotatable bonds is 7. The minimum Gasteiger partial charge on any atom is -0.369 e. The van der Waals surface area contributed by atoms with E-state index >= 15 is 0 Å². The molecule has 3 nitrogen and oxygen atoms in total. The van der Waals surface area contributed by atoms with Gasteiger partial charge in [0, 0.05) is 12.4 Å². The van der Waals surface area contributed by atoms with Crippen LogP contribution in [0, 0.1) is 5.92 Å². The Kier molecular flexibility index (Phi) is 6.81. The highest BCUT2D eigenvalue weighted by Crippen LogP contribution is 2.16. The molecule has 1 heterocycles. The van der Waals surface area contributed by atoms with Gasteiger partial charge in [0.2, 0.25) is 5.91 Å². The fraction of sp³-hybridized carbons (Fsp3) is 0.917. The van der Waals surface area contributed by atoms with E-state index in [4.69, 9.17) is 17.3 Å². The third kappa shape index (κ3) is 5.17. The molecular formula is C12H23ClN2O. The molecule has 0 aromatic carbocycles. The lowest BCUT2D eigenvalue weighted by Gasteiger charge is -2.31. The maximum Gasteiger partial charge on any atom is 0.221 e. The number of carbonyl (C=O) groups excluding carboxylic acids is 1. The van der Waals surface area contributed by atoms with Crippen LogP contribution >= 0.6 is 11.6 Å². The van der Waals surface area contributed by atoms with E-state index in [1.165, 1.54) is 19.3 Å². The first-order valence-electron chi connectivity index (χ1n) is 6.31. The summed E-state index contributed by atoms with van der Waals surface area (Å²) in [6.45, 7) is 3.09. The predicted molar refractivity (Wildman–Crippen MR) is 67.5 cm³/mol. The molecule has 1 aliphatic heterocycles. The summed E-state index contributed by atoms with van der Waals surface area (Å²) >= 11 is 5.62. The van der Waals surface area contributed by atoms with Crippen molar-refractivity contribution in [3.8, 4) is 0 Å². The Morgan fingerprint density at radius 1 is 1.31 bits per heavy atom. The van der Waals surface area contributed by atoms with E-state index in [1.807, 2.05) is 0 Å². The summed E-state index contributed by atoms with van der Waals surface area (Å²) in [6, 6.07) is 0. The monoisotopic (exact) mass is 246 g/mol. The zero-order chi connectivity index (χ0) is 11.8. The fourth-order valence-corrected chi connectivity index (χ4v) is 2.46. The third-order valence-corrected chi connectivity index (χ3v) is 3.53. The molecule has 1 amide bonds. The number of nitrogens with zero attached hydrogens (tertiary/aromatic N) is 1. The summed E-state index contributed by atoms with van der Waals surface area (Å²) in [4.78, 5) is 13.5. The molecule has 16 heavy (non-hydrogen) atoms. The van der Waals surface area contributed by atoms with Gasteiger partial charge >= 0.3 is 0 Å². The van der Waals surface area contributed by atoms with Gasteiger partial charge < -0.3 is 10.6 Å². The Morgan fingerprint density at radius 3 is 2.75 bits per heavy atom. The summed E-state index contributed by atoms with van der Waals surface area (Å²) in [7, 11) is 0. The number of unbranched alkanes of at least 4 members (excludes halogenated alkanes) is 3. The molecule has 0 spiro atoms. The molecule has 0 aromatic heterocycles. The summed E-state index contributed by atoms with van der Waals surface area (Å²) in [5.41, 5.74) is 5.34. The molecular weight excluding hydrogens is 224 g/mol. The number of amides is 1. The van der Waals surface area contributed by atoms with Crippen LogP contribution in [0.15, 0.2) is 0 Å². The van der Waals surface area contributed by atoms with Gasteiger partial charge in [0.05, 0.1) is 5.92 Å². The number of halogens is 1. The maximum absolute atomic E-state index is 11.1. The summed E-state index contributed by atoms with van der Waals surface area (Å²) in [5.74, 6) is 0.719. The summed E-state index contributed by atoms with van der Waals surface area (Å²) < 4.78 is 0. The van der Waals surface area contributed by atoms with Crippen molar-refractivity contribution in [1.82, 2.24) is 4.90 Å². The molecule has 94 valence electrons. The molecule has 1 fully saturated rings. The first-order valence-corrected chi connectivity index (χ1v) is 6.85. The van der Waals surface area contributed by atoms with Gasteiger partial charge in [-0.05, 0) is 38.8 Å². The zero-order valence-corrected chi connectivity index (χ0v) is 10.7. The van der Waals surface area contributed by atoms with Gasteiger partial charge in [0.15, 0.2) is 0 Å². The van der Waals surface area contributed by atoms with Crippen molar-refractivity contribution in [3.63, 3.8) is 0 Å².